The molecule has 1 aromatic carbocycles. The van der Waals surface area contributed by atoms with Gasteiger partial charge in [-0.2, -0.15) is 4.98 Å². The van der Waals surface area contributed by atoms with Crippen LogP contribution in [0.3, 0.4) is 0 Å². The third-order valence-corrected chi connectivity index (χ3v) is 3.93. The van der Waals surface area contributed by atoms with Crippen molar-refractivity contribution in [2.45, 2.75) is 26.9 Å². The second-order valence-corrected chi connectivity index (χ2v) is 6.25. The van der Waals surface area contributed by atoms with Crippen LogP contribution in [0.15, 0.2) is 41.8 Å². The Morgan fingerprint density at radius 3 is 2.45 bits per heavy atom. The fraction of sp³-hybridized carbons (Fsp3) is 0.235. The van der Waals surface area contributed by atoms with Crippen LogP contribution in [0, 0.1) is 6.92 Å². The summed E-state index contributed by atoms with van der Waals surface area (Å²) in [6.45, 7) is 6.01. The highest BCUT2D eigenvalue weighted by atomic mass is 32.1. The summed E-state index contributed by atoms with van der Waals surface area (Å²) in [4.78, 5) is 5.55. The van der Waals surface area contributed by atoms with Crippen LogP contribution in [0.25, 0.3) is 22.0 Å². The van der Waals surface area contributed by atoms with Crippen molar-refractivity contribution in [3.63, 3.8) is 0 Å². The van der Waals surface area contributed by atoms with E-state index in [1.807, 2.05) is 55.6 Å². The van der Waals surface area contributed by atoms with Crippen molar-refractivity contribution < 1.29 is 4.74 Å². The van der Waals surface area contributed by atoms with Crippen molar-refractivity contribution in [3.8, 4) is 27.8 Å². The zero-order valence-electron chi connectivity index (χ0n) is 12.8. The van der Waals surface area contributed by atoms with Crippen molar-refractivity contribution in [3.05, 3.63) is 47.3 Å². The Balaban J connectivity index is 2.07. The molecule has 112 valence electrons. The van der Waals surface area contributed by atoms with Gasteiger partial charge in [0.25, 0.3) is 0 Å². The maximum absolute atomic E-state index is 5.86. The molecular weight excluding hydrogens is 294 g/mol. The summed E-state index contributed by atoms with van der Waals surface area (Å²) in [6, 6.07) is 12.1. The average Bonchev–Trinajstić information content (AvgIpc) is 3.02. The highest BCUT2D eigenvalue weighted by molar-refractivity contribution is 7.13. The minimum atomic E-state index is 0.0251. The molecule has 0 aliphatic heterocycles. The quantitative estimate of drug-likeness (QED) is 0.718. The number of hydrogen-bond acceptors (Lipinski definition) is 5. The van der Waals surface area contributed by atoms with Gasteiger partial charge in [-0.3, -0.25) is 0 Å². The van der Waals surface area contributed by atoms with Gasteiger partial charge in [-0.15, -0.1) is 21.5 Å². The summed E-state index contributed by atoms with van der Waals surface area (Å²) in [5.74, 6) is 1.12. The number of rotatable bonds is 4. The van der Waals surface area contributed by atoms with Crippen LogP contribution in [0.2, 0.25) is 0 Å². The normalized spacial score (nSPS) is 10.9. The van der Waals surface area contributed by atoms with E-state index < -0.39 is 0 Å². The van der Waals surface area contributed by atoms with E-state index in [9.17, 15) is 0 Å². The molecule has 0 unspecified atom stereocenters. The average molecular weight is 311 g/mol. The number of ether oxygens (including phenoxy) is 1. The smallest absolute Gasteiger partial charge is 0.244 e. The van der Waals surface area contributed by atoms with E-state index in [-0.39, 0.29) is 6.10 Å². The van der Waals surface area contributed by atoms with E-state index in [0.29, 0.717) is 17.4 Å². The third-order valence-electron chi connectivity index (χ3n) is 3.07. The van der Waals surface area contributed by atoms with Gasteiger partial charge in [0.05, 0.1) is 11.0 Å². The van der Waals surface area contributed by atoms with E-state index in [2.05, 4.69) is 22.1 Å². The molecule has 0 atom stereocenters. The van der Waals surface area contributed by atoms with Gasteiger partial charge in [-0.05, 0) is 32.2 Å². The Bertz CT molecular complexity index is 752. The molecule has 0 N–H and O–H groups in total. The SMILES string of the molecule is Cc1ccc(-c2nnc(-c3cccs3)nc2OC(C)C)cc1. The highest BCUT2D eigenvalue weighted by Crippen LogP contribution is 2.29. The third kappa shape index (κ3) is 3.14. The molecule has 2 heterocycles. The summed E-state index contributed by atoms with van der Waals surface area (Å²) in [5.41, 5.74) is 2.83. The molecule has 0 aliphatic rings. The highest BCUT2D eigenvalue weighted by Gasteiger charge is 2.15. The minimum Gasteiger partial charge on any atom is -0.473 e. The van der Waals surface area contributed by atoms with E-state index in [1.54, 1.807) is 11.3 Å². The van der Waals surface area contributed by atoms with Crippen LogP contribution in [0.4, 0.5) is 0 Å². The molecular formula is C17H17N3OS. The zero-order valence-corrected chi connectivity index (χ0v) is 13.6. The predicted octanol–water partition coefficient (Wildman–Crippen LogP) is 4.36. The molecule has 4 nitrogen and oxygen atoms in total. The lowest BCUT2D eigenvalue weighted by Gasteiger charge is -2.12. The molecule has 0 aliphatic carbocycles. The number of hydrogen-bond donors (Lipinski definition) is 0. The molecule has 5 heteroatoms. The second-order valence-electron chi connectivity index (χ2n) is 5.30. The van der Waals surface area contributed by atoms with Gasteiger partial charge in [-0.1, -0.05) is 35.9 Å². The molecule has 2 aromatic heterocycles. The molecule has 0 fully saturated rings. The summed E-state index contributed by atoms with van der Waals surface area (Å²) in [6.07, 6.45) is 0.0251. The lowest BCUT2D eigenvalue weighted by molar-refractivity contribution is 0.232. The van der Waals surface area contributed by atoms with Gasteiger partial charge < -0.3 is 4.74 Å². The predicted molar refractivity (Wildman–Crippen MR) is 89.1 cm³/mol. The largest absolute Gasteiger partial charge is 0.473 e. The fourth-order valence-corrected chi connectivity index (χ4v) is 2.67. The van der Waals surface area contributed by atoms with Gasteiger partial charge in [0.1, 0.15) is 0 Å². The van der Waals surface area contributed by atoms with Crippen molar-refractivity contribution in [2.24, 2.45) is 0 Å². The van der Waals surface area contributed by atoms with Crippen molar-refractivity contribution in [2.75, 3.05) is 0 Å². The maximum atomic E-state index is 5.86. The van der Waals surface area contributed by atoms with Crippen molar-refractivity contribution >= 4 is 11.3 Å². The summed E-state index contributed by atoms with van der Waals surface area (Å²) >= 11 is 1.59. The van der Waals surface area contributed by atoms with Crippen LogP contribution >= 0.6 is 11.3 Å². The molecule has 0 saturated heterocycles. The number of benzene rings is 1. The number of thiophene rings is 1. The maximum Gasteiger partial charge on any atom is 0.244 e. The minimum absolute atomic E-state index is 0.0251. The van der Waals surface area contributed by atoms with Crippen LogP contribution in [0.1, 0.15) is 19.4 Å². The first-order valence-electron chi connectivity index (χ1n) is 7.16. The monoisotopic (exact) mass is 311 g/mol. The topological polar surface area (TPSA) is 47.9 Å². The lowest BCUT2D eigenvalue weighted by Crippen LogP contribution is -2.10. The van der Waals surface area contributed by atoms with Gasteiger partial charge >= 0.3 is 0 Å². The molecule has 0 saturated carbocycles. The Morgan fingerprint density at radius 2 is 1.82 bits per heavy atom. The number of aryl methyl sites for hydroxylation is 1. The first-order chi connectivity index (χ1) is 10.6. The van der Waals surface area contributed by atoms with Crippen molar-refractivity contribution in [1.82, 2.24) is 15.2 Å². The molecule has 0 amide bonds. The van der Waals surface area contributed by atoms with Gasteiger partial charge in [-0.25, -0.2) is 0 Å². The number of nitrogens with zero attached hydrogens (tertiary/aromatic N) is 3. The fourth-order valence-electron chi connectivity index (χ4n) is 2.02. The Labute approximate surface area is 133 Å². The zero-order chi connectivity index (χ0) is 15.5. The first kappa shape index (κ1) is 14.7. The molecule has 0 bridgehead atoms. The van der Waals surface area contributed by atoms with Crippen LogP contribution in [-0.4, -0.2) is 21.3 Å². The second kappa shape index (κ2) is 6.23. The van der Waals surface area contributed by atoms with E-state index in [0.717, 1.165) is 10.4 Å². The Morgan fingerprint density at radius 1 is 1.05 bits per heavy atom. The van der Waals surface area contributed by atoms with Gasteiger partial charge in [0.15, 0.2) is 11.5 Å². The molecule has 0 radical (unpaired) electrons. The Hall–Kier alpha value is -2.27. The molecule has 0 spiro atoms. The lowest BCUT2D eigenvalue weighted by atomic mass is 10.1. The van der Waals surface area contributed by atoms with Gasteiger partial charge in [0.2, 0.25) is 5.88 Å². The molecule has 3 rings (SSSR count). The summed E-state index contributed by atoms with van der Waals surface area (Å²) in [5, 5.41) is 10.6. The van der Waals surface area contributed by atoms with Gasteiger partial charge in [0, 0.05) is 5.56 Å². The van der Waals surface area contributed by atoms with Crippen LogP contribution in [0.5, 0.6) is 5.88 Å². The van der Waals surface area contributed by atoms with E-state index in [4.69, 9.17) is 4.74 Å². The number of aromatic nitrogens is 3. The first-order valence-corrected chi connectivity index (χ1v) is 8.04. The van der Waals surface area contributed by atoms with Crippen LogP contribution < -0.4 is 4.74 Å². The Kier molecular flexibility index (Phi) is 4.15. The van der Waals surface area contributed by atoms with Crippen molar-refractivity contribution in [1.29, 1.82) is 0 Å². The standard InChI is InChI=1S/C17H17N3OS/c1-11(2)21-17-15(13-8-6-12(3)7-9-13)19-20-16(18-17)14-5-4-10-22-14/h4-11H,1-3H3. The molecule has 22 heavy (non-hydrogen) atoms. The summed E-state index contributed by atoms with van der Waals surface area (Å²) < 4.78 is 5.86. The van der Waals surface area contributed by atoms with E-state index in [1.165, 1.54) is 5.56 Å². The van der Waals surface area contributed by atoms with E-state index >= 15 is 0 Å². The van der Waals surface area contributed by atoms with Crippen LogP contribution in [-0.2, 0) is 0 Å². The molecule has 3 aromatic rings. The summed E-state index contributed by atoms with van der Waals surface area (Å²) in [7, 11) is 0.